The number of hydrogen-bond donors (Lipinski definition) is 14. The van der Waals surface area contributed by atoms with E-state index in [4.69, 9.17) is 17.2 Å². The summed E-state index contributed by atoms with van der Waals surface area (Å²) in [5, 5.41) is 41.3. The number of primary amides is 2. The summed E-state index contributed by atoms with van der Waals surface area (Å²) >= 11 is 0. The quantitative estimate of drug-likeness (QED) is 0.0151. The number of aromatic hydroxyl groups is 1. The zero-order valence-corrected chi connectivity index (χ0v) is 53.5. The van der Waals surface area contributed by atoms with Crippen LogP contribution in [0.2, 0.25) is 0 Å². The van der Waals surface area contributed by atoms with Crippen molar-refractivity contribution in [1.82, 2.24) is 47.2 Å². The van der Waals surface area contributed by atoms with Crippen LogP contribution in [0.5, 0.6) is 5.75 Å². The summed E-state index contributed by atoms with van der Waals surface area (Å²) in [6.45, 7) is 5.70. The van der Waals surface area contributed by atoms with E-state index in [0.717, 1.165) is 27.4 Å². The van der Waals surface area contributed by atoms with Crippen LogP contribution in [0.15, 0.2) is 121 Å². The standard InChI is InChI=1S/C68H87N13O13/c1-38(2)26-53(58(85)31-43(16-13-25-73-67(71)72-5)64(91)80-57(63(70)90)30-46-36-75-52-20-12-10-18-49(46)52)81-68(94)76-37-61(88)55(27-41-14-7-6-8-15-41)79-66(93)50(39(3)82)33-60(87)56(34-62(69)89)78-65(92)44(29-45-35-74-51-19-11-9-17-48(45)51)32-59(86)54(77-40(4)83)28-42-21-23-47(84)24-22-42/h6-12,14-15,17-24,35-36,38-39,43-44,50,53-57,74-75,82,84H,13,16,25-34,37H2,1-5H3,(H2,69,89)(H2,70,90)(H,77,83)(H,78,92)(H,79,93)(H,80,91)(H3,71,72,73)(H2,76,81,94)/t39-,43-,44+,50+,53+,54-,55+,56+,57+/m1/s1. The third-order valence-corrected chi connectivity index (χ3v) is 16.2. The van der Waals surface area contributed by atoms with E-state index in [1.807, 2.05) is 56.3 Å². The number of carbonyl (C=O) groups excluding carboxylic acids is 11. The first-order chi connectivity index (χ1) is 44.8. The Labute approximate surface area is 544 Å². The number of aromatic amines is 2. The van der Waals surface area contributed by atoms with E-state index in [1.54, 1.807) is 60.9 Å². The van der Waals surface area contributed by atoms with Gasteiger partial charge in [0.2, 0.25) is 35.4 Å². The van der Waals surface area contributed by atoms with Crippen molar-refractivity contribution in [2.75, 3.05) is 20.1 Å². The second-order valence-electron chi connectivity index (χ2n) is 24.1. The maximum atomic E-state index is 14.6. The number of phenols is 1. The van der Waals surface area contributed by atoms with E-state index >= 15 is 0 Å². The lowest BCUT2D eigenvalue weighted by Crippen LogP contribution is -2.53. The number of H-pyrrole nitrogens is 2. The molecule has 0 radical (unpaired) electrons. The molecule has 0 aliphatic rings. The second-order valence-corrected chi connectivity index (χ2v) is 24.1. The van der Waals surface area contributed by atoms with Crippen LogP contribution in [0.25, 0.3) is 21.8 Å². The molecule has 26 heteroatoms. The van der Waals surface area contributed by atoms with Gasteiger partial charge in [-0.2, -0.15) is 0 Å². The van der Waals surface area contributed by atoms with E-state index in [9.17, 15) is 63.0 Å². The third-order valence-electron chi connectivity index (χ3n) is 16.2. The van der Waals surface area contributed by atoms with Crippen molar-refractivity contribution in [1.29, 1.82) is 0 Å². The summed E-state index contributed by atoms with van der Waals surface area (Å²) in [6, 6.07) is 21.7. The Morgan fingerprint density at radius 1 is 0.532 bits per heavy atom. The molecule has 0 aliphatic heterocycles. The number of rotatable bonds is 38. The molecule has 0 unspecified atom stereocenters. The molecular weight excluding hydrogens is 1210 g/mol. The first kappa shape index (κ1) is 72.8. The highest BCUT2D eigenvalue weighted by Crippen LogP contribution is 2.26. The Balaban J connectivity index is 1.16. The first-order valence-electron chi connectivity index (χ1n) is 31.3. The Hall–Kier alpha value is -10.2. The van der Waals surface area contributed by atoms with E-state index < -0.39 is 144 Å². The van der Waals surface area contributed by atoms with Crippen molar-refractivity contribution in [3.05, 3.63) is 138 Å². The van der Waals surface area contributed by atoms with Crippen LogP contribution in [0.1, 0.15) is 94.9 Å². The molecule has 2 heterocycles. The number of ketones is 4. The normalized spacial score (nSPS) is 14.4. The van der Waals surface area contributed by atoms with Crippen molar-refractivity contribution in [2.45, 2.75) is 135 Å². The van der Waals surface area contributed by atoms with Crippen LogP contribution in [-0.2, 0) is 73.6 Å². The SMILES string of the molecule is CN=C(N)NCCC[C@H](CC(=O)[C@H](CC(C)C)NC(=O)NCC(=O)[C@H](Cc1ccccc1)NC(=O)[C@@H](CC(=O)[C@H](CC(N)=O)NC(=O)[C@H](CC(=O)[C@@H](Cc1ccc(O)cc1)NC(C)=O)Cc1c[nH]c2ccccc12)[C@@H](C)O)C(=O)N[C@@H](Cc1c[nH]c2ccccc12)C(N)=O. The highest BCUT2D eigenvalue weighted by atomic mass is 16.3. The number of Topliss-reactive ketones (excluding diaryl/α,β-unsaturated/α-hetero) is 4. The Morgan fingerprint density at radius 3 is 1.63 bits per heavy atom. The smallest absolute Gasteiger partial charge is 0.315 e. The number of para-hydroxylation sites is 2. The number of aliphatic hydroxyl groups excluding tert-OH is 1. The maximum absolute atomic E-state index is 14.6. The molecule has 9 atom stereocenters. The molecule has 4 aromatic carbocycles. The zero-order chi connectivity index (χ0) is 68.6. The van der Waals surface area contributed by atoms with Crippen LogP contribution in [0, 0.1) is 23.7 Å². The molecule has 0 saturated heterocycles. The fraction of sp³-hybridized carbons (Fsp3) is 0.412. The molecular formula is C68H87N13O13. The average Bonchev–Trinajstić information content (AvgIpc) is 1.64. The molecule has 0 saturated carbocycles. The summed E-state index contributed by atoms with van der Waals surface area (Å²) in [5.41, 5.74) is 21.4. The lowest BCUT2D eigenvalue weighted by atomic mass is 9.88. The summed E-state index contributed by atoms with van der Waals surface area (Å²) < 4.78 is 0. The van der Waals surface area contributed by atoms with E-state index in [1.165, 1.54) is 33.0 Å². The Kier molecular flexibility index (Phi) is 27.5. The minimum Gasteiger partial charge on any atom is -0.508 e. The van der Waals surface area contributed by atoms with Crippen LogP contribution in [-0.4, -0.2) is 147 Å². The van der Waals surface area contributed by atoms with E-state index in [2.05, 4.69) is 52.2 Å². The lowest BCUT2D eigenvalue weighted by molar-refractivity contribution is -0.137. The molecule has 6 rings (SSSR count). The highest BCUT2D eigenvalue weighted by molar-refractivity contribution is 6.00. The number of carbonyl (C=O) groups is 11. The topological polar surface area (TPSA) is 434 Å². The van der Waals surface area contributed by atoms with Gasteiger partial charge in [0.05, 0.1) is 49.2 Å². The number of aliphatic hydroxyl groups is 1. The van der Waals surface area contributed by atoms with Gasteiger partial charge in [0.25, 0.3) is 0 Å². The van der Waals surface area contributed by atoms with Crippen molar-refractivity contribution in [3.63, 3.8) is 0 Å². The molecule has 502 valence electrons. The fourth-order valence-corrected chi connectivity index (χ4v) is 11.1. The predicted octanol–water partition coefficient (Wildman–Crippen LogP) is 2.65. The summed E-state index contributed by atoms with van der Waals surface area (Å²) in [5.74, 6) is -11.3. The molecule has 0 aliphatic carbocycles. The van der Waals surface area contributed by atoms with Crippen LogP contribution < -0.4 is 54.4 Å². The van der Waals surface area contributed by atoms with Crippen LogP contribution in [0.4, 0.5) is 4.79 Å². The summed E-state index contributed by atoms with van der Waals surface area (Å²) in [6.07, 6.45) is -0.0697. The largest absolute Gasteiger partial charge is 0.508 e. The van der Waals surface area contributed by atoms with Crippen LogP contribution in [0.3, 0.4) is 0 Å². The number of phenolic OH excluding ortho intramolecular Hbond substituents is 1. The number of urea groups is 1. The molecule has 8 amide bonds. The van der Waals surface area contributed by atoms with Crippen LogP contribution >= 0.6 is 0 Å². The van der Waals surface area contributed by atoms with Gasteiger partial charge in [-0.15, -0.1) is 0 Å². The zero-order valence-electron chi connectivity index (χ0n) is 53.5. The van der Waals surface area contributed by atoms with Gasteiger partial charge in [-0.25, -0.2) is 4.79 Å². The monoisotopic (exact) mass is 1290 g/mol. The predicted molar refractivity (Wildman–Crippen MR) is 353 cm³/mol. The molecule has 0 bridgehead atoms. The Bertz CT molecular complexity index is 3660. The lowest BCUT2D eigenvalue weighted by Gasteiger charge is -2.26. The second kappa shape index (κ2) is 35.5. The number of benzene rings is 4. The molecule has 94 heavy (non-hydrogen) atoms. The number of guanidine groups is 1. The Morgan fingerprint density at radius 2 is 1.05 bits per heavy atom. The van der Waals surface area contributed by atoms with Crippen molar-refractivity contribution < 1.29 is 63.0 Å². The first-order valence-corrected chi connectivity index (χ1v) is 31.3. The van der Waals surface area contributed by atoms with Crippen molar-refractivity contribution in [2.24, 2.45) is 45.9 Å². The van der Waals surface area contributed by atoms with Crippen molar-refractivity contribution >= 4 is 92.4 Å². The number of nitrogens with one attached hydrogen (secondary N) is 9. The molecule has 2 aromatic heterocycles. The number of amides is 8. The highest BCUT2D eigenvalue weighted by Gasteiger charge is 2.37. The van der Waals surface area contributed by atoms with Gasteiger partial charge in [-0.05, 0) is 97.9 Å². The third kappa shape index (κ3) is 22.6. The minimum atomic E-state index is -1.68. The fourth-order valence-electron chi connectivity index (χ4n) is 11.1. The number of aromatic nitrogens is 2. The molecule has 6 aromatic rings. The summed E-state index contributed by atoms with van der Waals surface area (Å²) in [7, 11) is 1.50. The molecule has 0 fully saturated rings. The van der Waals surface area contributed by atoms with Gasteiger partial charge in [0, 0.05) is 92.2 Å². The van der Waals surface area contributed by atoms with E-state index in [-0.39, 0.29) is 69.1 Å². The number of nitrogens with zero attached hydrogens (tertiary/aromatic N) is 1. The van der Waals surface area contributed by atoms with Gasteiger partial charge in [0.15, 0.2) is 29.1 Å². The van der Waals surface area contributed by atoms with Crippen molar-refractivity contribution in [3.8, 4) is 5.75 Å². The van der Waals surface area contributed by atoms with Gasteiger partial charge >= 0.3 is 6.03 Å². The average molecular weight is 1290 g/mol. The van der Waals surface area contributed by atoms with Gasteiger partial charge in [0.1, 0.15) is 11.8 Å². The molecule has 17 N–H and O–H groups in total. The minimum absolute atomic E-state index is 0.00623. The number of fused-ring (bicyclic) bond motifs is 2. The maximum Gasteiger partial charge on any atom is 0.315 e. The molecule has 26 nitrogen and oxygen atoms in total. The summed E-state index contributed by atoms with van der Waals surface area (Å²) in [4.78, 5) is 162. The van der Waals surface area contributed by atoms with Gasteiger partial charge in [-0.1, -0.05) is 92.7 Å². The number of aliphatic imine (C=N–C) groups is 1. The number of nitrogens with two attached hydrogens (primary N) is 3. The van der Waals surface area contributed by atoms with Gasteiger partial charge in [-0.3, -0.25) is 52.9 Å². The van der Waals surface area contributed by atoms with E-state index in [0.29, 0.717) is 23.1 Å². The number of hydrogen-bond acceptors (Lipinski definition) is 14. The van der Waals surface area contributed by atoms with Gasteiger partial charge < -0.3 is 74.6 Å². The molecule has 0 spiro atoms.